The third-order valence-electron chi connectivity index (χ3n) is 8.52. The number of para-hydroxylation sites is 2. The highest BCUT2D eigenvalue weighted by atomic mass is 31.2. The standard InChI is InChI=1S/C34H18O6P2/c35-41-29-13-3-1-7-21(29)37-23-9-5-11-25(33(23)41)39-27-15-19-16-28-32(18-20(19)17-31(27)41)42(36)30-14-4-2-8-22(30)38-24-10-6-12-26(40-28)34(24)42/h1-18H. The molecule has 0 bridgehead atoms. The Balaban J connectivity index is 1.27. The van der Waals surface area contributed by atoms with Gasteiger partial charge in [-0.1, -0.05) is 36.4 Å². The van der Waals surface area contributed by atoms with E-state index in [4.69, 9.17) is 18.9 Å². The van der Waals surface area contributed by atoms with Crippen LogP contribution in [0, 0.1) is 0 Å². The quantitative estimate of drug-likeness (QED) is 0.189. The summed E-state index contributed by atoms with van der Waals surface area (Å²) < 4.78 is 55.9. The molecule has 0 aliphatic carbocycles. The van der Waals surface area contributed by atoms with E-state index >= 15 is 9.13 Å². The lowest BCUT2D eigenvalue weighted by Gasteiger charge is -2.35. The second-order valence-electron chi connectivity index (χ2n) is 10.8. The van der Waals surface area contributed by atoms with Crippen molar-refractivity contribution in [3.63, 3.8) is 0 Å². The van der Waals surface area contributed by atoms with Gasteiger partial charge in [0, 0.05) is 0 Å². The van der Waals surface area contributed by atoms with Crippen LogP contribution in [0.2, 0.25) is 0 Å². The van der Waals surface area contributed by atoms with Crippen molar-refractivity contribution in [2.24, 2.45) is 0 Å². The maximum atomic E-state index is 15.4. The minimum Gasteiger partial charge on any atom is -0.456 e. The molecular formula is C34H18O6P2. The van der Waals surface area contributed by atoms with Crippen molar-refractivity contribution in [1.82, 2.24) is 0 Å². The molecule has 0 fully saturated rings. The zero-order chi connectivity index (χ0) is 27.8. The average molecular weight is 584 g/mol. The fraction of sp³-hybridized carbons (Fsp3) is 0. The summed E-state index contributed by atoms with van der Waals surface area (Å²) in [6.07, 6.45) is 0. The van der Waals surface area contributed by atoms with Crippen LogP contribution >= 0.6 is 14.3 Å². The number of hydrogen-bond acceptors (Lipinski definition) is 6. The lowest BCUT2D eigenvalue weighted by Crippen LogP contribution is -2.35. The van der Waals surface area contributed by atoms with Gasteiger partial charge >= 0.3 is 0 Å². The summed E-state index contributed by atoms with van der Waals surface area (Å²) >= 11 is 0. The molecule has 2 atom stereocenters. The third-order valence-corrected chi connectivity index (χ3v) is 14.8. The Morgan fingerprint density at radius 2 is 0.714 bits per heavy atom. The topological polar surface area (TPSA) is 71.1 Å². The average Bonchev–Trinajstić information content (AvgIpc) is 3.00. The van der Waals surface area contributed by atoms with Crippen LogP contribution in [-0.2, 0) is 9.13 Å². The molecule has 0 N–H and O–H groups in total. The van der Waals surface area contributed by atoms with E-state index in [1.54, 1.807) is 0 Å². The van der Waals surface area contributed by atoms with Gasteiger partial charge in [-0.25, -0.2) is 0 Å². The second kappa shape index (κ2) is 7.54. The van der Waals surface area contributed by atoms with E-state index in [1.165, 1.54) is 0 Å². The molecule has 0 spiro atoms. The van der Waals surface area contributed by atoms with Gasteiger partial charge in [0.1, 0.15) is 56.6 Å². The van der Waals surface area contributed by atoms with Crippen LogP contribution in [0.25, 0.3) is 10.8 Å². The normalized spacial score (nSPS) is 21.0. The zero-order valence-electron chi connectivity index (χ0n) is 21.7. The van der Waals surface area contributed by atoms with Gasteiger partial charge in [0.2, 0.25) is 0 Å². The first-order valence-corrected chi connectivity index (χ1v) is 17.0. The SMILES string of the molecule is O=P12c3ccccc3Oc3cccc(c31)Oc1cc3cc4c(cc3cc12)P1(=O)c2ccccc2Oc2cccc(c21)O4. The Morgan fingerprint density at radius 1 is 0.357 bits per heavy atom. The Hall–Kier alpha value is -4.76. The van der Waals surface area contributed by atoms with Crippen molar-refractivity contribution in [1.29, 1.82) is 0 Å². The Morgan fingerprint density at radius 3 is 1.17 bits per heavy atom. The maximum absolute atomic E-state index is 15.4. The van der Waals surface area contributed by atoms with Crippen LogP contribution in [0.5, 0.6) is 46.0 Å². The molecule has 6 nitrogen and oxygen atoms in total. The first kappa shape index (κ1) is 22.9. The number of rotatable bonds is 0. The fourth-order valence-electron chi connectivity index (χ4n) is 6.72. The summed E-state index contributed by atoms with van der Waals surface area (Å²) in [5, 5.41) is 5.22. The van der Waals surface area contributed by atoms with E-state index in [0.29, 0.717) is 77.8 Å². The first-order valence-electron chi connectivity index (χ1n) is 13.5. The van der Waals surface area contributed by atoms with Crippen LogP contribution < -0.4 is 50.8 Å². The molecule has 200 valence electrons. The van der Waals surface area contributed by atoms with Crippen LogP contribution in [0.1, 0.15) is 0 Å². The molecular weight excluding hydrogens is 566 g/mol. The molecule has 4 aliphatic rings. The second-order valence-corrected chi connectivity index (χ2v) is 16.0. The molecule has 8 heteroatoms. The van der Waals surface area contributed by atoms with E-state index in [9.17, 15) is 0 Å². The van der Waals surface area contributed by atoms with Gasteiger partial charge in [-0.3, -0.25) is 0 Å². The van der Waals surface area contributed by atoms with Crippen molar-refractivity contribution >= 4 is 56.9 Å². The molecule has 42 heavy (non-hydrogen) atoms. The highest BCUT2D eigenvalue weighted by molar-refractivity contribution is 7.86. The molecule has 0 aromatic heterocycles. The highest BCUT2D eigenvalue weighted by Gasteiger charge is 2.48. The van der Waals surface area contributed by atoms with Gasteiger partial charge in [-0.15, -0.1) is 0 Å². The van der Waals surface area contributed by atoms with Gasteiger partial charge < -0.3 is 28.1 Å². The van der Waals surface area contributed by atoms with Crippen molar-refractivity contribution in [3.05, 3.63) is 109 Å². The van der Waals surface area contributed by atoms with Crippen LogP contribution in [0.4, 0.5) is 0 Å². The fourth-order valence-corrected chi connectivity index (χ4v) is 12.9. The van der Waals surface area contributed by atoms with Crippen molar-refractivity contribution in [2.45, 2.75) is 0 Å². The molecule has 6 aromatic rings. The van der Waals surface area contributed by atoms with Gasteiger partial charge in [0.25, 0.3) is 0 Å². The Bertz CT molecular complexity index is 2180. The lowest BCUT2D eigenvalue weighted by molar-refractivity contribution is 0.462. The predicted octanol–water partition coefficient (Wildman–Crippen LogP) is 6.54. The van der Waals surface area contributed by atoms with Crippen molar-refractivity contribution in [2.75, 3.05) is 0 Å². The summed E-state index contributed by atoms with van der Waals surface area (Å²) in [4.78, 5) is 0. The molecule has 2 unspecified atom stereocenters. The predicted molar refractivity (Wildman–Crippen MR) is 163 cm³/mol. The summed E-state index contributed by atoms with van der Waals surface area (Å²) in [6.45, 7) is 0. The molecule has 10 rings (SSSR count). The largest absolute Gasteiger partial charge is 0.456 e. The van der Waals surface area contributed by atoms with Crippen LogP contribution in [-0.4, -0.2) is 0 Å². The summed E-state index contributed by atoms with van der Waals surface area (Å²) in [7, 11) is -6.72. The van der Waals surface area contributed by atoms with Gasteiger partial charge in [-0.2, -0.15) is 0 Å². The van der Waals surface area contributed by atoms with E-state index in [1.807, 2.05) is 109 Å². The summed E-state index contributed by atoms with van der Waals surface area (Å²) in [6, 6.07) is 33.6. The molecule has 0 saturated carbocycles. The summed E-state index contributed by atoms with van der Waals surface area (Å²) in [5.41, 5.74) is 0. The first-order chi connectivity index (χ1) is 20.5. The van der Waals surface area contributed by atoms with Gasteiger partial charge in [-0.05, 0) is 83.6 Å². The molecule has 4 aliphatic heterocycles. The smallest absolute Gasteiger partial charge is 0.185 e. The van der Waals surface area contributed by atoms with Crippen molar-refractivity contribution in [3.8, 4) is 46.0 Å². The number of ether oxygens (including phenoxy) is 4. The molecule has 0 saturated heterocycles. The monoisotopic (exact) mass is 584 g/mol. The van der Waals surface area contributed by atoms with E-state index < -0.39 is 14.3 Å². The Kier molecular flexibility index (Phi) is 4.11. The number of fused-ring (bicyclic) bond motifs is 9. The third kappa shape index (κ3) is 2.63. The highest BCUT2D eigenvalue weighted by Crippen LogP contribution is 2.60. The van der Waals surface area contributed by atoms with E-state index in [0.717, 1.165) is 10.8 Å². The number of benzene rings is 6. The maximum Gasteiger partial charge on any atom is 0.185 e. The van der Waals surface area contributed by atoms with E-state index in [-0.39, 0.29) is 0 Å². The molecule has 6 aromatic carbocycles. The molecule has 0 radical (unpaired) electrons. The molecule has 0 amide bonds. The molecule has 4 heterocycles. The zero-order valence-corrected chi connectivity index (χ0v) is 23.5. The van der Waals surface area contributed by atoms with Gasteiger partial charge in [0.15, 0.2) is 14.3 Å². The lowest BCUT2D eigenvalue weighted by atomic mass is 10.1. The minimum absolute atomic E-state index is 0.522. The minimum atomic E-state index is -3.36. The van der Waals surface area contributed by atoms with E-state index in [2.05, 4.69) is 0 Å². The number of hydrogen-bond donors (Lipinski definition) is 0. The Labute approximate surface area is 239 Å². The van der Waals surface area contributed by atoms with Gasteiger partial charge in [0.05, 0.1) is 21.2 Å². The van der Waals surface area contributed by atoms with Crippen LogP contribution in [0.3, 0.4) is 0 Å². The summed E-state index contributed by atoms with van der Waals surface area (Å²) in [5.74, 6) is 4.31. The van der Waals surface area contributed by atoms with Crippen molar-refractivity contribution < 1.29 is 28.1 Å². The van der Waals surface area contributed by atoms with Crippen LogP contribution in [0.15, 0.2) is 109 Å².